The largest absolute Gasteiger partial charge is 0.381 e. The van der Waals surface area contributed by atoms with Crippen LogP contribution in [-0.2, 0) is 11.3 Å². The maximum atomic E-state index is 11.9. The molecule has 27 heavy (non-hydrogen) atoms. The minimum absolute atomic E-state index is 0. The molecule has 1 amide bonds. The van der Waals surface area contributed by atoms with E-state index in [-0.39, 0.29) is 29.9 Å². The van der Waals surface area contributed by atoms with Crippen LogP contribution in [0.5, 0.6) is 0 Å². The molecular formula is C20H35IN4O2. The highest BCUT2D eigenvalue weighted by molar-refractivity contribution is 14.0. The van der Waals surface area contributed by atoms with Crippen molar-refractivity contribution in [3.63, 3.8) is 0 Å². The van der Waals surface area contributed by atoms with Gasteiger partial charge in [-0.3, -0.25) is 4.79 Å². The maximum Gasteiger partial charge on any atom is 0.251 e. The molecule has 0 aliphatic heterocycles. The Kier molecular flexibility index (Phi) is 16.0. The molecule has 0 radical (unpaired) electrons. The molecule has 0 heterocycles. The number of hydrogen-bond donors (Lipinski definition) is 3. The summed E-state index contributed by atoms with van der Waals surface area (Å²) in [6.45, 7) is 10.5. The number of halogens is 1. The highest BCUT2D eigenvalue weighted by atomic mass is 127. The molecule has 1 rings (SSSR count). The average molecular weight is 490 g/mol. The Labute approximate surface area is 181 Å². The van der Waals surface area contributed by atoms with Gasteiger partial charge < -0.3 is 20.7 Å². The fraction of sp³-hybridized carbons (Fsp3) is 0.600. The minimum atomic E-state index is -0.0496. The summed E-state index contributed by atoms with van der Waals surface area (Å²) in [4.78, 5) is 16.5. The third kappa shape index (κ3) is 11.9. The van der Waals surface area contributed by atoms with Gasteiger partial charge >= 0.3 is 0 Å². The van der Waals surface area contributed by atoms with Gasteiger partial charge in [0.2, 0.25) is 0 Å². The van der Waals surface area contributed by atoms with E-state index in [1.165, 1.54) is 0 Å². The molecule has 154 valence electrons. The van der Waals surface area contributed by atoms with Crippen LogP contribution in [0.15, 0.2) is 29.3 Å². The maximum absolute atomic E-state index is 11.9. The zero-order valence-corrected chi connectivity index (χ0v) is 19.2. The molecule has 0 saturated carbocycles. The van der Waals surface area contributed by atoms with E-state index in [0.29, 0.717) is 18.7 Å². The van der Waals surface area contributed by atoms with Crippen LogP contribution in [0.4, 0.5) is 0 Å². The number of rotatable bonds is 12. The van der Waals surface area contributed by atoms with Gasteiger partial charge in [-0.05, 0) is 44.4 Å². The zero-order chi connectivity index (χ0) is 19.0. The Morgan fingerprint density at radius 2 is 1.78 bits per heavy atom. The van der Waals surface area contributed by atoms with E-state index in [1.807, 2.05) is 38.1 Å². The molecule has 0 atom stereocenters. The van der Waals surface area contributed by atoms with E-state index in [2.05, 4.69) is 27.9 Å². The summed E-state index contributed by atoms with van der Waals surface area (Å²) in [5.41, 5.74) is 1.68. The van der Waals surface area contributed by atoms with Gasteiger partial charge in [0.05, 0.1) is 6.54 Å². The molecule has 0 aromatic heterocycles. The third-order valence-electron chi connectivity index (χ3n) is 3.69. The van der Waals surface area contributed by atoms with Crippen molar-refractivity contribution in [2.75, 3.05) is 32.8 Å². The van der Waals surface area contributed by atoms with Crippen LogP contribution in [-0.4, -0.2) is 44.7 Å². The van der Waals surface area contributed by atoms with Crippen molar-refractivity contribution < 1.29 is 9.53 Å². The molecule has 6 nitrogen and oxygen atoms in total. The van der Waals surface area contributed by atoms with Gasteiger partial charge in [-0.15, -0.1) is 24.0 Å². The number of carbonyl (C=O) groups is 1. The summed E-state index contributed by atoms with van der Waals surface area (Å²) in [5.74, 6) is 0.732. The molecule has 0 spiro atoms. The van der Waals surface area contributed by atoms with Crippen molar-refractivity contribution in [3.05, 3.63) is 35.4 Å². The normalized spacial score (nSPS) is 10.9. The second kappa shape index (κ2) is 16.8. The molecule has 0 unspecified atom stereocenters. The summed E-state index contributed by atoms with van der Waals surface area (Å²) >= 11 is 0. The summed E-state index contributed by atoms with van der Waals surface area (Å²) in [5, 5.41) is 9.38. The second-order valence-corrected chi connectivity index (χ2v) is 6.00. The van der Waals surface area contributed by atoms with Gasteiger partial charge in [0.15, 0.2) is 5.96 Å². The van der Waals surface area contributed by atoms with Crippen LogP contribution in [0.3, 0.4) is 0 Å². The first-order valence-electron chi connectivity index (χ1n) is 9.68. The summed E-state index contributed by atoms with van der Waals surface area (Å²) in [6, 6.07) is 7.58. The standard InChI is InChI=1S/C20H34N4O2.HI/c1-4-7-13-26-14-9-12-23-20(22-6-3)24-16-17-10-8-11-18(15-17)19(25)21-5-2;/h8,10-11,15H,4-7,9,12-14,16H2,1-3H3,(H,21,25)(H2,22,23,24);1H. The number of nitrogens with zero attached hydrogens (tertiary/aromatic N) is 1. The van der Waals surface area contributed by atoms with Crippen LogP contribution in [0.1, 0.15) is 56.0 Å². The number of guanidine groups is 1. The van der Waals surface area contributed by atoms with E-state index >= 15 is 0 Å². The fourth-order valence-corrected chi connectivity index (χ4v) is 2.32. The molecule has 1 aromatic carbocycles. The number of aliphatic imine (C=N–C) groups is 1. The first-order chi connectivity index (χ1) is 12.7. The summed E-state index contributed by atoms with van der Waals surface area (Å²) in [6.07, 6.45) is 3.23. The van der Waals surface area contributed by atoms with Crippen LogP contribution < -0.4 is 16.0 Å². The van der Waals surface area contributed by atoms with Crippen LogP contribution >= 0.6 is 24.0 Å². The average Bonchev–Trinajstić information content (AvgIpc) is 2.65. The Bertz CT molecular complexity index is 553. The predicted octanol–water partition coefficient (Wildman–Crippen LogP) is 3.32. The predicted molar refractivity (Wildman–Crippen MR) is 123 cm³/mol. The van der Waals surface area contributed by atoms with Crippen molar-refractivity contribution in [1.82, 2.24) is 16.0 Å². The number of hydrogen-bond acceptors (Lipinski definition) is 3. The zero-order valence-electron chi connectivity index (χ0n) is 16.8. The lowest BCUT2D eigenvalue weighted by Gasteiger charge is -2.11. The third-order valence-corrected chi connectivity index (χ3v) is 3.69. The lowest BCUT2D eigenvalue weighted by Crippen LogP contribution is -2.38. The Morgan fingerprint density at radius 1 is 1.04 bits per heavy atom. The SMILES string of the molecule is CCCCOCCCNC(=NCc1cccc(C(=O)NCC)c1)NCC.I. The van der Waals surface area contributed by atoms with Gasteiger partial charge in [0, 0.05) is 38.4 Å². The Balaban J connectivity index is 0.00000676. The molecule has 1 aromatic rings. The molecule has 0 bridgehead atoms. The Hall–Kier alpha value is -1.35. The molecule has 0 saturated heterocycles. The van der Waals surface area contributed by atoms with Gasteiger partial charge in [-0.2, -0.15) is 0 Å². The first-order valence-corrected chi connectivity index (χ1v) is 9.68. The van der Waals surface area contributed by atoms with E-state index in [0.717, 1.165) is 57.1 Å². The number of amides is 1. The van der Waals surface area contributed by atoms with E-state index in [9.17, 15) is 4.79 Å². The van der Waals surface area contributed by atoms with E-state index < -0.39 is 0 Å². The highest BCUT2D eigenvalue weighted by Crippen LogP contribution is 2.06. The van der Waals surface area contributed by atoms with Crippen LogP contribution in [0.25, 0.3) is 0 Å². The monoisotopic (exact) mass is 490 g/mol. The van der Waals surface area contributed by atoms with Crippen LogP contribution in [0, 0.1) is 0 Å². The molecular weight excluding hydrogens is 455 g/mol. The van der Waals surface area contributed by atoms with Crippen molar-refractivity contribution in [2.24, 2.45) is 4.99 Å². The Morgan fingerprint density at radius 3 is 2.48 bits per heavy atom. The van der Waals surface area contributed by atoms with Gasteiger partial charge in [0.25, 0.3) is 5.91 Å². The molecule has 0 aliphatic carbocycles. The van der Waals surface area contributed by atoms with Crippen molar-refractivity contribution in [2.45, 2.75) is 46.6 Å². The van der Waals surface area contributed by atoms with E-state index in [4.69, 9.17) is 4.74 Å². The number of nitrogens with one attached hydrogen (secondary N) is 3. The number of unbranched alkanes of at least 4 members (excludes halogenated alkanes) is 1. The molecule has 0 aliphatic rings. The van der Waals surface area contributed by atoms with Crippen molar-refractivity contribution in [1.29, 1.82) is 0 Å². The number of benzene rings is 1. The number of ether oxygens (including phenoxy) is 1. The summed E-state index contributed by atoms with van der Waals surface area (Å²) < 4.78 is 5.56. The first kappa shape index (κ1) is 25.6. The van der Waals surface area contributed by atoms with Crippen molar-refractivity contribution >= 4 is 35.8 Å². The molecule has 7 heteroatoms. The van der Waals surface area contributed by atoms with Crippen LogP contribution in [0.2, 0.25) is 0 Å². The minimum Gasteiger partial charge on any atom is -0.381 e. The molecule has 0 fully saturated rings. The van der Waals surface area contributed by atoms with E-state index in [1.54, 1.807) is 0 Å². The van der Waals surface area contributed by atoms with Gasteiger partial charge in [-0.25, -0.2) is 4.99 Å². The highest BCUT2D eigenvalue weighted by Gasteiger charge is 2.04. The molecule has 3 N–H and O–H groups in total. The summed E-state index contributed by atoms with van der Waals surface area (Å²) in [7, 11) is 0. The quantitative estimate of drug-likeness (QED) is 0.182. The van der Waals surface area contributed by atoms with Gasteiger partial charge in [-0.1, -0.05) is 25.5 Å². The van der Waals surface area contributed by atoms with Gasteiger partial charge in [0.1, 0.15) is 0 Å². The topological polar surface area (TPSA) is 74.8 Å². The van der Waals surface area contributed by atoms with Crippen molar-refractivity contribution in [3.8, 4) is 0 Å². The lowest BCUT2D eigenvalue weighted by atomic mass is 10.1. The number of carbonyl (C=O) groups excluding carboxylic acids is 1. The smallest absolute Gasteiger partial charge is 0.251 e. The lowest BCUT2D eigenvalue weighted by molar-refractivity contribution is 0.0955. The fourth-order valence-electron chi connectivity index (χ4n) is 2.32. The second-order valence-electron chi connectivity index (χ2n) is 6.00.